The molecule has 0 saturated carbocycles. The highest BCUT2D eigenvalue weighted by molar-refractivity contribution is 6.02. The topological polar surface area (TPSA) is 123 Å². The van der Waals surface area contributed by atoms with Crippen LogP contribution in [0.1, 0.15) is 47.5 Å². The summed E-state index contributed by atoms with van der Waals surface area (Å²) in [5.74, 6) is -0.574. The molecule has 0 spiro atoms. The normalized spacial score (nSPS) is 14.2. The Hall–Kier alpha value is -3.30. The van der Waals surface area contributed by atoms with E-state index >= 15 is 0 Å². The lowest BCUT2D eigenvalue weighted by molar-refractivity contribution is -0.155. The number of benzene rings is 1. The first-order valence-corrected chi connectivity index (χ1v) is 11.5. The molecule has 0 radical (unpaired) electrons. The molecule has 1 heterocycles. The van der Waals surface area contributed by atoms with E-state index in [1.807, 2.05) is 34.6 Å². The second-order valence-corrected chi connectivity index (χ2v) is 8.95. The minimum Gasteiger partial charge on any atom is -0.490 e. The van der Waals surface area contributed by atoms with Gasteiger partial charge in [0.2, 0.25) is 5.91 Å². The predicted molar refractivity (Wildman–Crippen MR) is 126 cm³/mol. The van der Waals surface area contributed by atoms with Crippen LogP contribution in [0, 0.1) is 11.3 Å². The number of ether oxygens (including phenoxy) is 3. The highest BCUT2D eigenvalue weighted by atomic mass is 16.5. The van der Waals surface area contributed by atoms with Gasteiger partial charge >= 0.3 is 12.0 Å². The van der Waals surface area contributed by atoms with Crippen LogP contribution in [0.25, 0.3) is 0 Å². The molecule has 1 aliphatic heterocycles. The smallest absolute Gasteiger partial charge is 0.325 e. The van der Waals surface area contributed by atoms with Crippen molar-refractivity contribution in [1.29, 1.82) is 0 Å². The third-order valence-corrected chi connectivity index (χ3v) is 5.16. The maximum Gasteiger partial charge on any atom is 0.325 e. The van der Waals surface area contributed by atoms with Crippen molar-refractivity contribution in [2.45, 2.75) is 47.5 Å². The molecule has 0 bridgehead atoms. The predicted octanol–water partition coefficient (Wildman–Crippen LogP) is 2.96. The first-order chi connectivity index (χ1) is 16.0. The van der Waals surface area contributed by atoms with E-state index in [-0.39, 0.29) is 11.8 Å². The van der Waals surface area contributed by atoms with Crippen LogP contribution in [0.15, 0.2) is 18.2 Å². The molecule has 1 aliphatic rings. The van der Waals surface area contributed by atoms with Crippen molar-refractivity contribution < 1.29 is 33.4 Å². The van der Waals surface area contributed by atoms with E-state index in [9.17, 15) is 19.2 Å². The maximum absolute atomic E-state index is 12.3. The van der Waals surface area contributed by atoms with Crippen molar-refractivity contribution in [3.8, 4) is 11.5 Å². The van der Waals surface area contributed by atoms with Gasteiger partial charge in [0.15, 0.2) is 18.1 Å². The number of esters is 1. The molecule has 34 heavy (non-hydrogen) atoms. The van der Waals surface area contributed by atoms with Gasteiger partial charge in [-0.1, -0.05) is 20.8 Å². The van der Waals surface area contributed by atoms with Crippen molar-refractivity contribution in [2.24, 2.45) is 11.3 Å². The van der Waals surface area contributed by atoms with Crippen molar-refractivity contribution in [2.75, 3.05) is 38.2 Å². The molecular formula is C24H35N3O7. The molecule has 1 saturated heterocycles. The molecule has 0 aliphatic carbocycles. The summed E-state index contributed by atoms with van der Waals surface area (Å²) in [6.07, 6.45) is 0.950. The molecule has 1 fully saturated rings. The molecule has 188 valence electrons. The lowest BCUT2D eigenvalue weighted by Crippen LogP contribution is -2.45. The number of carbonyl (C=O) groups excluding carboxylic acids is 4. The highest BCUT2D eigenvalue weighted by Crippen LogP contribution is 2.30. The molecule has 0 unspecified atom stereocenters. The van der Waals surface area contributed by atoms with Gasteiger partial charge in [0.25, 0.3) is 5.91 Å². The Morgan fingerprint density at radius 2 is 1.62 bits per heavy atom. The largest absolute Gasteiger partial charge is 0.490 e. The van der Waals surface area contributed by atoms with Crippen LogP contribution in [-0.4, -0.2) is 61.6 Å². The molecule has 10 nitrogen and oxygen atoms in total. The van der Waals surface area contributed by atoms with Crippen molar-refractivity contribution in [1.82, 2.24) is 10.2 Å². The maximum atomic E-state index is 12.3. The molecule has 4 amide bonds. The van der Waals surface area contributed by atoms with Gasteiger partial charge < -0.3 is 24.4 Å². The van der Waals surface area contributed by atoms with Gasteiger partial charge in [-0.15, -0.1) is 0 Å². The van der Waals surface area contributed by atoms with Gasteiger partial charge in [-0.25, -0.2) is 4.79 Å². The van der Waals surface area contributed by atoms with Crippen LogP contribution in [0.3, 0.4) is 0 Å². The van der Waals surface area contributed by atoms with E-state index in [0.29, 0.717) is 56.3 Å². The summed E-state index contributed by atoms with van der Waals surface area (Å²) in [6.45, 7) is 10.5. The van der Waals surface area contributed by atoms with Crippen LogP contribution in [0.2, 0.25) is 0 Å². The summed E-state index contributed by atoms with van der Waals surface area (Å²) in [5, 5.41) is 4.66. The highest BCUT2D eigenvalue weighted by Gasteiger charge is 2.33. The second-order valence-electron chi connectivity index (χ2n) is 8.95. The number of nitrogens with zero attached hydrogens (tertiary/aromatic N) is 1. The average molecular weight is 478 g/mol. The first-order valence-electron chi connectivity index (χ1n) is 11.5. The number of likely N-dealkylation sites (tertiary alicyclic amines) is 1. The van der Waals surface area contributed by atoms with E-state index in [4.69, 9.17) is 14.2 Å². The fourth-order valence-corrected chi connectivity index (χ4v) is 3.50. The minimum absolute atomic E-state index is 0.0469. The zero-order chi connectivity index (χ0) is 25.3. The number of amides is 4. The Morgan fingerprint density at radius 3 is 2.21 bits per heavy atom. The Kier molecular flexibility index (Phi) is 9.70. The first kappa shape index (κ1) is 26.9. The zero-order valence-corrected chi connectivity index (χ0v) is 20.6. The number of hydrogen-bond acceptors (Lipinski definition) is 7. The van der Waals surface area contributed by atoms with E-state index < -0.39 is 29.9 Å². The van der Waals surface area contributed by atoms with Gasteiger partial charge in [-0.2, -0.15) is 0 Å². The molecule has 10 heteroatoms. The van der Waals surface area contributed by atoms with Crippen LogP contribution < -0.4 is 20.1 Å². The summed E-state index contributed by atoms with van der Waals surface area (Å²) >= 11 is 0. The molecule has 0 atom stereocenters. The van der Waals surface area contributed by atoms with Crippen molar-refractivity contribution in [3.63, 3.8) is 0 Å². The Labute approximate surface area is 200 Å². The van der Waals surface area contributed by atoms with E-state index in [1.54, 1.807) is 23.1 Å². The molecule has 1 aromatic carbocycles. The van der Waals surface area contributed by atoms with Gasteiger partial charge in [0.05, 0.1) is 19.1 Å². The number of piperidine rings is 1. The minimum atomic E-state index is -0.762. The quantitative estimate of drug-likeness (QED) is 0.552. The number of hydrogen-bond donors (Lipinski definition) is 2. The molecular weight excluding hydrogens is 442 g/mol. The molecule has 2 N–H and O–H groups in total. The SMILES string of the molecule is CCOc1ccc(NC(=O)NC(=O)COC(=O)C2CCN(C(=O)C(C)(C)C)CC2)cc1OCC. The zero-order valence-electron chi connectivity index (χ0n) is 20.6. The van der Waals surface area contributed by atoms with Crippen molar-refractivity contribution >= 4 is 29.5 Å². The standard InChI is InChI=1S/C24H35N3O7/c1-6-32-18-9-8-17(14-19(18)33-7-2)25-23(31)26-20(28)15-34-21(29)16-10-12-27(13-11-16)22(30)24(3,4)5/h8-9,14,16H,6-7,10-13,15H2,1-5H3,(H2,25,26,28,31). The Morgan fingerprint density at radius 1 is 1.00 bits per heavy atom. The van der Waals surface area contributed by atoms with Crippen LogP contribution in [0.5, 0.6) is 11.5 Å². The van der Waals surface area contributed by atoms with E-state index in [0.717, 1.165) is 0 Å². The number of urea groups is 1. The number of imide groups is 1. The average Bonchev–Trinajstić information content (AvgIpc) is 2.78. The van der Waals surface area contributed by atoms with Crippen LogP contribution in [-0.2, 0) is 19.1 Å². The van der Waals surface area contributed by atoms with Crippen LogP contribution in [0.4, 0.5) is 10.5 Å². The number of nitrogens with one attached hydrogen (secondary N) is 2. The molecule has 2 rings (SSSR count). The van der Waals surface area contributed by atoms with Gasteiger partial charge in [-0.05, 0) is 38.8 Å². The summed E-state index contributed by atoms with van der Waals surface area (Å²) in [7, 11) is 0. The molecule has 1 aromatic rings. The summed E-state index contributed by atoms with van der Waals surface area (Å²) in [4.78, 5) is 50.6. The second kappa shape index (κ2) is 12.2. The summed E-state index contributed by atoms with van der Waals surface area (Å²) < 4.78 is 16.1. The number of anilines is 1. The lowest BCUT2D eigenvalue weighted by Gasteiger charge is -2.34. The Balaban J connectivity index is 1.78. The van der Waals surface area contributed by atoms with E-state index in [2.05, 4.69) is 10.6 Å². The number of carbonyl (C=O) groups is 4. The van der Waals surface area contributed by atoms with E-state index in [1.165, 1.54) is 0 Å². The Bertz CT molecular complexity index is 887. The monoisotopic (exact) mass is 477 g/mol. The summed E-state index contributed by atoms with van der Waals surface area (Å²) in [5.41, 5.74) is -0.0622. The fourth-order valence-electron chi connectivity index (χ4n) is 3.50. The van der Waals surface area contributed by atoms with Gasteiger partial charge in [-0.3, -0.25) is 19.7 Å². The number of rotatable bonds is 8. The summed E-state index contributed by atoms with van der Waals surface area (Å²) in [6, 6.07) is 4.11. The third kappa shape index (κ3) is 7.93. The van der Waals surface area contributed by atoms with Crippen molar-refractivity contribution in [3.05, 3.63) is 18.2 Å². The molecule has 0 aromatic heterocycles. The van der Waals surface area contributed by atoms with Crippen LogP contribution >= 0.6 is 0 Å². The third-order valence-electron chi connectivity index (χ3n) is 5.16. The van der Waals surface area contributed by atoms with Gasteiger partial charge in [0, 0.05) is 30.3 Å². The van der Waals surface area contributed by atoms with Gasteiger partial charge in [0.1, 0.15) is 0 Å². The fraction of sp³-hybridized carbons (Fsp3) is 0.583. The lowest BCUT2D eigenvalue weighted by atomic mass is 9.91.